The number of hydrogen-bond acceptors (Lipinski definition) is 2. The highest BCUT2D eigenvalue weighted by molar-refractivity contribution is 5.85. The number of rotatable bonds is 6. The Morgan fingerprint density at radius 2 is 2.05 bits per heavy atom. The highest BCUT2D eigenvalue weighted by Gasteiger charge is 2.12. The van der Waals surface area contributed by atoms with Crippen molar-refractivity contribution in [3.63, 3.8) is 0 Å². The zero-order valence-electron chi connectivity index (χ0n) is 11.1. The molecule has 1 aromatic rings. The van der Waals surface area contributed by atoms with E-state index in [4.69, 9.17) is 0 Å². The van der Waals surface area contributed by atoms with Crippen molar-refractivity contribution in [1.29, 1.82) is 0 Å². The van der Waals surface area contributed by atoms with Gasteiger partial charge in [-0.05, 0) is 25.1 Å². The van der Waals surface area contributed by atoms with Gasteiger partial charge in [-0.25, -0.2) is 8.78 Å². The molecule has 0 unspecified atom stereocenters. The summed E-state index contributed by atoms with van der Waals surface area (Å²) in [7, 11) is 3.50. The zero-order valence-corrected chi connectivity index (χ0v) is 11.9. The van der Waals surface area contributed by atoms with Gasteiger partial charge in [-0.15, -0.1) is 12.4 Å². The number of nitrogens with zero attached hydrogens (tertiary/aromatic N) is 1. The van der Waals surface area contributed by atoms with Crippen molar-refractivity contribution >= 4 is 18.3 Å². The maximum atomic E-state index is 13.3. The largest absolute Gasteiger partial charge is 0.344 e. The summed E-state index contributed by atoms with van der Waals surface area (Å²) < 4.78 is 26.3. The Kier molecular flexibility index (Phi) is 8.27. The molecular weight excluding hydrogens is 274 g/mol. The minimum absolute atomic E-state index is 0. The fourth-order valence-electron chi connectivity index (χ4n) is 1.58. The summed E-state index contributed by atoms with van der Waals surface area (Å²) >= 11 is 0. The lowest BCUT2D eigenvalue weighted by Crippen LogP contribution is -2.32. The van der Waals surface area contributed by atoms with Crippen LogP contribution in [0.5, 0.6) is 0 Å². The van der Waals surface area contributed by atoms with Crippen LogP contribution in [0.4, 0.5) is 8.78 Å². The molecule has 1 N–H and O–H groups in total. The lowest BCUT2D eigenvalue weighted by molar-refractivity contribution is -0.129. The summed E-state index contributed by atoms with van der Waals surface area (Å²) in [5, 5.41) is 2.94. The lowest BCUT2D eigenvalue weighted by Gasteiger charge is -2.16. The van der Waals surface area contributed by atoms with Crippen molar-refractivity contribution in [2.24, 2.45) is 0 Å². The van der Waals surface area contributed by atoms with Gasteiger partial charge in [0.15, 0.2) is 11.6 Å². The van der Waals surface area contributed by atoms with Crippen molar-refractivity contribution in [2.75, 3.05) is 27.2 Å². The lowest BCUT2D eigenvalue weighted by atomic mass is 10.1. The highest BCUT2D eigenvalue weighted by Crippen LogP contribution is 2.13. The van der Waals surface area contributed by atoms with E-state index in [0.29, 0.717) is 13.1 Å². The Morgan fingerprint density at radius 1 is 1.37 bits per heavy atom. The quantitative estimate of drug-likeness (QED) is 0.870. The van der Waals surface area contributed by atoms with Gasteiger partial charge in [-0.3, -0.25) is 4.79 Å². The first-order valence-corrected chi connectivity index (χ1v) is 5.87. The molecule has 0 saturated heterocycles. The Bertz CT molecular complexity index is 416. The van der Waals surface area contributed by atoms with Crippen LogP contribution in [0.15, 0.2) is 18.2 Å². The Hall–Kier alpha value is -1.20. The van der Waals surface area contributed by atoms with Gasteiger partial charge in [0.05, 0.1) is 0 Å². The molecule has 0 aliphatic carbocycles. The molecular formula is C13H19ClF2N2O. The molecule has 0 spiro atoms. The van der Waals surface area contributed by atoms with Gasteiger partial charge in [-0.2, -0.15) is 0 Å². The van der Waals surface area contributed by atoms with Crippen LogP contribution in [0.1, 0.15) is 12.0 Å². The predicted molar refractivity (Wildman–Crippen MR) is 73.5 cm³/mol. The van der Waals surface area contributed by atoms with Crippen molar-refractivity contribution in [3.05, 3.63) is 35.4 Å². The average molecular weight is 293 g/mol. The molecule has 0 fully saturated rings. The molecule has 1 rings (SSSR count). The number of benzene rings is 1. The Balaban J connectivity index is 0.00000324. The molecule has 0 aliphatic rings. The summed E-state index contributed by atoms with van der Waals surface area (Å²) in [6.07, 6.45) is 0.396. The Labute approximate surface area is 118 Å². The standard InChI is InChI=1S/C13H18F2N2O.ClH/c1-16-8-9-17(2)12(18)7-6-10-4-3-5-11(14)13(10)15;/h3-5,16H,6-9H2,1-2H3;1H. The van der Waals surface area contributed by atoms with E-state index in [1.165, 1.54) is 12.1 Å². The third-order valence-electron chi connectivity index (χ3n) is 2.76. The number of carbonyl (C=O) groups is 1. The van der Waals surface area contributed by atoms with Crippen molar-refractivity contribution < 1.29 is 13.6 Å². The van der Waals surface area contributed by atoms with Crippen LogP contribution in [0.3, 0.4) is 0 Å². The van der Waals surface area contributed by atoms with Gasteiger partial charge < -0.3 is 10.2 Å². The first-order chi connectivity index (χ1) is 8.56. The van der Waals surface area contributed by atoms with E-state index in [9.17, 15) is 13.6 Å². The predicted octanol–water partition coefficient (Wildman–Crippen LogP) is 2.00. The van der Waals surface area contributed by atoms with Gasteiger partial charge in [-0.1, -0.05) is 12.1 Å². The van der Waals surface area contributed by atoms with E-state index >= 15 is 0 Å². The fourth-order valence-corrected chi connectivity index (χ4v) is 1.58. The monoisotopic (exact) mass is 292 g/mol. The molecule has 0 aromatic heterocycles. The maximum Gasteiger partial charge on any atom is 0.222 e. The van der Waals surface area contributed by atoms with Crippen molar-refractivity contribution in [3.8, 4) is 0 Å². The van der Waals surface area contributed by atoms with E-state index in [1.807, 2.05) is 0 Å². The number of aryl methyl sites for hydroxylation is 1. The van der Waals surface area contributed by atoms with E-state index in [0.717, 1.165) is 6.07 Å². The van der Waals surface area contributed by atoms with E-state index in [2.05, 4.69) is 5.32 Å². The maximum absolute atomic E-state index is 13.3. The first-order valence-electron chi connectivity index (χ1n) is 5.87. The van der Waals surface area contributed by atoms with Gasteiger partial charge in [0.2, 0.25) is 5.91 Å². The normalized spacial score (nSPS) is 9.89. The summed E-state index contributed by atoms with van der Waals surface area (Å²) in [5.41, 5.74) is 0.241. The third-order valence-corrected chi connectivity index (χ3v) is 2.76. The van der Waals surface area contributed by atoms with Crippen LogP contribution >= 0.6 is 12.4 Å². The van der Waals surface area contributed by atoms with Crippen molar-refractivity contribution in [2.45, 2.75) is 12.8 Å². The average Bonchev–Trinajstić information content (AvgIpc) is 2.37. The molecule has 1 amide bonds. The van der Waals surface area contributed by atoms with E-state index in [-0.39, 0.29) is 36.7 Å². The van der Waals surface area contributed by atoms with Crippen LogP contribution in [0.2, 0.25) is 0 Å². The molecule has 0 atom stereocenters. The molecule has 0 heterocycles. The number of nitrogens with one attached hydrogen (secondary N) is 1. The minimum Gasteiger partial charge on any atom is -0.344 e. The molecule has 0 radical (unpaired) electrons. The van der Waals surface area contributed by atoms with Crippen LogP contribution in [-0.2, 0) is 11.2 Å². The highest BCUT2D eigenvalue weighted by atomic mass is 35.5. The molecule has 108 valence electrons. The number of amides is 1. The Morgan fingerprint density at radius 3 is 2.68 bits per heavy atom. The topological polar surface area (TPSA) is 32.3 Å². The van der Waals surface area contributed by atoms with Crippen LogP contribution < -0.4 is 5.32 Å². The van der Waals surface area contributed by atoms with E-state index < -0.39 is 11.6 Å². The summed E-state index contributed by atoms with van der Waals surface area (Å²) in [4.78, 5) is 13.3. The van der Waals surface area contributed by atoms with Gasteiger partial charge in [0, 0.05) is 26.6 Å². The number of carbonyl (C=O) groups excluding carboxylic acids is 1. The third kappa shape index (κ3) is 5.53. The van der Waals surface area contributed by atoms with Gasteiger partial charge >= 0.3 is 0 Å². The molecule has 19 heavy (non-hydrogen) atoms. The smallest absolute Gasteiger partial charge is 0.222 e. The van der Waals surface area contributed by atoms with Crippen molar-refractivity contribution in [1.82, 2.24) is 10.2 Å². The summed E-state index contributed by atoms with van der Waals surface area (Å²) in [5.74, 6) is -1.81. The second kappa shape index (κ2) is 8.82. The number of hydrogen-bond donors (Lipinski definition) is 1. The molecule has 0 bridgehead atoms. The molecule has 0 saturated carbocycles. The number of halogens is 3. The zero-order chi connectivity index (χ0) is 13.5. The van der Waals surface area contributed by atoms with E-state index in [1.54, 1.807) is 19.0 Å². The number of likely N-dealkylation sites (N-methyl/N-ethyl adjacent to an activating group) is 2. The molecule has 6 heteroatoms. The molecule has 1 aromatic carbocycles. The second-order valence-electron chi connectivity index (χ2n) is 4.13. The van der Waals surface area contributed by atoms with Gasteiger partial charge in [0.1, 0.15) is 0 Å². The summed E-state index contributed by atoms with van der Waals surface area (Å²) in [6, 6.07) is 4.02. The first kappa shape index (κ1) is 17.8. The van der Waals surface area contributed by atoms with Crippen LogP contribution in [-0.4, -0.2) is 38.0 Å². The second-order valence-corrected chi connectivity index (χ2v) is 4.13. The molecule has 0 aliphatic heterocycles. The van der Waals surface area contributed by atoms with Gasteiger partial charge in [0.25, 0.3) is 0 Å². The SMILES string of the molecule is CNCCN(C)C(=O)CCc1cccc(F)c1F.Cl. The van der Waals surface area contributed by atoms with Crippen LogP contribution in [0.25, 0.3) is 0 Å². The minimum atomic E-state index is -0.872. The fraction of sp³-hybridized carbons (Fsp3) is 0.462. The molecule has 3 nitrogen and oxygen atoms in total. The van der Waals surface area contributed by atoms with Crippen LogP contribution in [0, 0.1) is 11.6 Å². The summed E-state index contributed by atoms with van der Waals surface area (Å²) in [6.45, 7) is 1.30.